The van der Waals surface area contributed by atoms with Gasteiger partial charge in [-0.05, 0) is 25.1 Å². The predicted octanol–water partition coefficient (Wildman–Crippen LogP) is 3.04. The van der Waals surface area contributed by atoms with E-state index in [0.29, 0.717) is 16.3 Å². The number of carbonyl (C=O) groups is 1. The molecule has 1 aromatic carbocycles. The van der Waals surface area contributed by atoms with E-state index in [1.54, 1.807) is 12.1 Å². The van der Waals surface area contributed by atoms with Crippen LogP contribution in [0.2, 0.25) is 5.02 Å². The van der Waals surface area contributed by atoms with E-state index in [-0.39, 0.29) is 6.61 Å². The van der Waals surface area contributed by atoms with Gasteiger partial charge in [-0.25, -0.2) is 9.78 Å². The van der Waals surface area contributed by atoms with Crippen LogP contribution in [0.5, 0.6) is 0 Å². The Hall–Kier alpha value is -1.59. The number of ether oxygens (including phenoxy) is 1. The SMILES string of the molecule is Cc1csc(COC(=O)c2ccc(Cl)c(N)c2)n1. The van der Waals surface area contributed by atoms with Gasteiger partial charge in [0.1, 0.15) is 11.6 Å². The van der Waals surface area contributed by atoms with Crippen LogP contribution >= 0.6 is 22.9 Å². The Labute approximate surface area is 113 Å². The van der Waals surface area contributed by atoms with Gasteiger partial charge in [0.15, 0.2) is 0 Å². The molecule has 0 aliphatic carbocycles. The molecular formula is C12H11ClN2O2S. The third-order valence-electron chi connectivity index (χ3n) is 2.23. The van der Waals surface area contributed by atoms with Crippen LogP contribution in [-0.4, -0.2) is 11.0 Å². The largest absolute Gasteiger partial charge is 0.455 e. The number of aryl methyl sites for hydroxylation is 1. The number of rotatable bonds is 3. The van der Waals surface area contributed by atoms with Gasteiger partial charge in [0.25, 0.3) is 0 Å². The minimum atomic E-state index is -0.439. The first-order chi connectivity index (χ1) is 8.56. The van der Waals surface area contributed by atoms with Crippen LogP contribution in [0.1, 0.15) is 21.1 Å². The van der Waals surface area contributed by atoms with E-state index in [1.165, 1.54) is 17.4 Å². The van der Waals surface area contributed by atoms with E-state index >= 15 is 0 Å². The van der Waals surface area contributed by atoms with Crippen molar-refractivity contribution in [3.05, 3.63) is 44.9 Å². The number of thiazole rings is 1. The third-order valence-corrected chi connectivity index (χ3v) is 3.51. The van der Waals surface area contributed by atoms with Crippen molar-refractivity contribution in [1.82, 2.24) is 4.98 Å². The van der Waals surface area contributed by atoms with E-state index in [1.807, 2.05) is 12.3 Å². The first-order valence-electron chi connectivity index (χ1n) is 5.19. The highest BCUT2D eigenvalue weighted by Crippen LogP contribution is 2.20. The fourth-order valence-corrected chi connectivity index (χ4v) is 2.15. The molecule has 2 aromatic rings. The summed E-state index contributed by atoms with van der Waals surface area (Å²) in [5, 5.41) is 3.09. The van der Waals surface area contributed by atoms with Gasteiger partial charge >= 0.3 is 5.97 Å². The maximum absolute atomic E-state index is 11.7. The quantitative estimate of drug-likeness (QED) is 0.694. The van der Waals surface area contributed by atoms with Gasteiger partial charge in [0, 0.05) is 11.1 Å². The summed E-state index contributed by atoms with van der Waals surface area (Å²) in [7, 11) is 0. The van der Waals surface area contributed by atoms with Crippen molar-refractivity contribution >= 4 is 34.6 Å². The van der Waals surface area contributed by atoms with E-state index in [2.05, 4.69) is 4.98 Å². The van der Waals surface area contributed by atoms with Crippen molar-refractivity contribution in [1.29, 1.82) is 0 Å². The standard InChI is InChI=1S/C12H11ClN2O2S/c1-7-6-18-11(15-7)5-17-12(16)8-2-3-9(13)10(14)4-8/h2-4,6H,5,14H2,1H3. The maximum Gasteiger partial charge on any atom is 0.338 e. The number of carbonyl (C=O) groups excluding carboxylic acids is 1. The van der Waals surface area contributed by atoms with Crippen LogP contribution < -0.4 is 5.73 Å². The van der Waals surface area contributed by atoms with Crippen LogP contribution in [0.4, 0.5) is 5.69 Å². The van der Waals surface area contributed by atoms with Crippen LogP contribution in [-0.2, 0) is 11.3 Å². The zero-order chi connectivity index (χ0) is 13.1. The van der Waals surface area contributed by atoms with Crippen LogP contribution in [0, 0.1) is 6.92 Å². The second-order valence-corrected chi connectivity index (χ2v) is 5.04. The van der Waals surface area contributed by atoms with Crippen molar-refractivity contribution in [2.24, 2.45) is 0 Å². The fraction of sp³-hybridized carbons (Fsp3) is 0.167. The minimum Gasteiger partial charge on any atom is -0.455 e. The molecule has 0 saturated carbocycles. The summed E-state index contributed by atoms with van der Waals surface area (Å²) in [5.74, 6) is -0.439. The summed E-state index contributed by atoms with van der Waals surface area (Å²) in [6.07, 6.45) is 0. The lowest BCUT2D eigenvalue weighted by Crippen LogP contribution is -2.05. The Morgan fingerprint density at radius 1 is 1.56 bits per heavy atom. The molecule has 0 aliphatic rings. The molecule has 6 heteroatoms. The summed E-state index contributed by atoms with van der Waals surface area (Å²) in [6.45, 7) is 2.06. The molecule has 0 amide bonds. The lowest BCUT2D eigenvalue weighted by molar-refractivity contribution is 0.0472. The second-order valence-electron chi connectivity index (χ2n) is 3.70. The van der Waals surface area contributed by atoms with Gasteiger partial charge in [-0.15, -0.1) is 11.3 Å². The number of nitrogens with zero attached hydrogens (tertiary/aromatic N) is 1. The Balaban J connectivity index is 2.01. The van der Waals surface area contributed by atoms with Crippen LogP contribution in [0.25, 0.3) is 0 Å². The van der Waals surface area contributed by atoms with Crippen molar-refractivity contribution < 1.29 is 9.53 Å². The number of nitrogens with two attached hydrogens (primary N) is 1. The van der Waals surface area contributed by atoms with E-state index in [9.17, 15) is 4.79 Å². The van der Waals surface area contributed by atoms with Gasteiger partial charge in [-0.2, -0.15) is 0 Å². The summed E-state index contributed by atoms with van der Waals surface area (Å²) in [5.41, 5.74) is 7.27. The normalized spacial score (nSPS) is 10.3. The lowest BCUT2D eigenvalue weighted by Gasteiger charge is -2.04. The monoisotopic (exact) mass is 282 g/mol. The van der Waals surface area contributed by atoms with Gasteiger partial charge in [0.05, 0.1) is 16.3 Å². The van der Waals surface area contributed by atoms with Crippen LogP contribution in [0.3, 0.4) is 0 Å². The molecule has 0 unspecified atom stereocenters. The molecule has 2 rings (SSSR count). The second kappa shape index (κ2) is 5.37. The first kappa shape index (κ1) is 12.9. The van der Waals surface area contributed by atoms with Crippen molar-refractivity contribution in [2.45, 2.75) is 13.5 Å². The summed E-state index contributed by atoms with van der Waals surface area (Å²) < 4.78 is 5.13. The van der Waals surface area contributed by atoms with Crippen molar-refractivity contribution in [2.75, 3.05) is 5.73 Å². The average Bonchev–Trinajstić information content (AvgIpc) is 2.75. The summed E-state index contributed by atoms with van der Waals surface area (Å²) in [4.78, 5) is 15.9. The molecule has 0 spiro atoms. The Kier molecular flexibility index (Phi) is 3.84. The van der Waals surface area contributed by atoms with E-state index in [4.69, 9.17) is 22.1 Å². The molecule has 0 bridgehead atoms. The molecule has 18 heavy (non-hydrogen) atoms. The number of halogens is 1. The fourth-order valence-electron chi connectivity index (χ4n) is 1.35. The van der Waals surface area contributed by atoms with Gasteiger partial charge < -0.3 is 10.5 Å². The third kappa shape index (κ3) is 3.00. The number of hydrogen-bond donors (Lipinski definition) is 1. The zero-order valence-electron chi connectivity index (χ0n) is 9.64. The first-order valence-corrected chi connectivity index (χ1v) is 6.45. The highest BCUT2D eigenvalue weighted by atomic mass is 35.5. The number of anilines is 1. The lowest BCUT2D eigenvalue weighted by atomic mass is 10.2. The molecule has 1 aromatic heterocycles. The molecule has 0 atom stereocenters. The highest BCUT2D eigenvalue weighted by Gasteiger charge is 2.10. The molecule has 2 N–H and O–H groups in total. The van der Waals surface area contributed by atoms with Gasteiger partial charge in [-0.3, -0.25) is 0 Å². The van der Waals surface area contributed by atoms with Gasteiger partial charge in [-0.1, -0.05) is 11.6 Å². The predicted molar refractivity (Wildman–Crippen MR) is 71.8 cm³/mol. The van der Waals surface area contributed by atoms with E-state index in [0.717, 1.165) is 10.7 Å². The maximum atomic E-state index is 11.7. The molecule has 94 valence electrons. The molecule has 4 nitrogen and oxygen atoms in total. The van der Waals surface area contributed by atoms with Crippen molar-refractivity contribution in [3.8, 4) is 0 Å². The topological polar surface area (TPSA) is 65.2 Å². The molecular weight excluding hydrogens is 272 g/mol. The Morgan fingerprint density at radius 3 is 2.94 bits per heavy atom. The smallest absolute Gasteiger partial charge is 0.338 e. The average molecular weight is 283 g/mol. The highest BCUT2D eigenvalue weighted by molar-refractivity contribution is 7.09. The summed E-state index contributed by atoms with van der Waals surface area (Å²) in [6, 6.07) is 4.65. The number of esters is 1. The molecule has 0 aliphatic heterocycles. The Bertz CT molecular complexity index is 583. The molecule has 0 saturated heterocycles. The minimum absolute atomic E-state index is 0.167. The molecule has 1 heterocycles. The number of hydrogen-bond acceptors (Lipinski definition) is 5. The van der Waals surface area contributed by atoms with E-state index < -0.39 is 5.97 Å². The number of benzene rings is 1. The molecule has 0 fully saturated rings. The summed E-state index contributed by atoms with van der Waals surface area (Å²) >= 11 is 7.23. The number of nitrogen functional groups attached to an aromatic ring is 1. The molecule has 0 radical (unpaired) electrons. The van der Waals surface area contributed by atoms with Gasteiger partial charge in [0.2, 0.25) is 0 Å². The Morgan fingerprint density at radius 2 is 2.33 bits per heavy atom. The van der Waals surface area contributed by atoms with Crippen LogP contribution in [0.15, 0.2) is 23.6 Å². The number of aromatic nitrogens is 1. The van der Waals surface area contributed by atoms with Crippen molar-refractivity contribution in [3.63, 3.8) is 0 Å². The zero-order valence-corrected chi connectivity index (χ0v) is 11.2.